The molecule has 2 aromatic rings. The summed E-state index contributed by atoms with van der Waals surface area (Å²) in [6.45, 7) is -0.00243. The molecule has 0 saturated carbocycles. The zero-order chi connectivity index (χ0) is 10.1. The summed E-state index contributed by atoms with van der Waals surface area (Å²) in [5.74, 6) is 0. The molecule has 0 aliphatic heterocycles. The Balaban J connectivity index is 2.79. The second-order valence-corrected chi connectivity index (χ2v) is 4.11. The lowest BCUT2D eigenvalue weighted by Crippen LogP contribution is -1.91. The Morgan fingerprint density at radius 1 is 1.50 bits per heavy atom. The van der Waals surface area contributed by atoms with Crippen LogP contribution in [-0.4, -0.2) is 11.4 Å². The van der Waals surface area contributed by atoms with E-state index in [1.165, 1.54) is 11.3 Å². The fourth-order valence-corrected chi connectivity index (χ4v) is 2.43. The number of aliphatic hydroxyl groups excluding tert-OH is 1. The summed E-state index contributed by atoms with van der Waals surface area (Å²) >= 11 is 1.40. The first kappa shape index (κ1) is 9.18. The molecule has 1 heterocycles. The van der Waals surface area contributed by atoms with Crippen LogP contribution in [0.3, 0.4) is 0 Å². The minimum atomic E-state index is -0.00243. The molecular weight excluding hydrogens is 198 g/mol. The molecule has 3 nitrogen and oxygen atoms in total. The largest absolute Gasteiger partial charge is 0.398 e. The van der Waals surface area contributed by atoms with Crippen molar-refractivity contribution < 1.29 is 9.90 Å². The van der Waals surface area contributed by atoms with Gasteiger partial charge in [-0.05, 0) is 17.5 Å². The second-order valence-electron chi connectivity index (χ2n) is 2.98. The van der Waals surface area contributed by atoms with E-state index in [0.29, 0.717) is 11.3 Å². The predicted octanol–water partition coefficient (Wildman–Crippen LogP) is 1.79. The summed E-state index contributed by atoms with van der Waals surface area (Å²) in [7, 11) is 0. The summed E-state index contributed by atoms with van der Waals surface area (Å²) in [5, 5.41) is 9.92. The first-order valence-electron chi connectivity index (χ1n) is 4.13. The van der Waals surface area contributed by atoms with Crippen LogP contribution in [-0.2, 0) is 6.61 Å². The van der Waals surface area contributed by atoms with Gasteiger partial charge in [0.15, 0.2) is 6.29 Å². The quantitative estimate of drug-likeness (QED) is 0.583. The number of hydrogen-bond acceptors (Lipinski definition) is 4. The molecule has 0 amide bonds. The van der Waals surface area contributed by atoms with Crippen molar-refractivity contribution in [1.82, 2.24) is 0 Å². The van der Waals surface area contributed by atoms with Gasteiger partial charge in [0, 0.05) is 15.3 Å². The molecule has 0 radical (unpaired) electrons. The Hall–Kier alpha value is -1.39. The Morgan fingerprint density at radius 2 is 2.29 bits per heavy atom. The van der Waals surface area contributed by atoms with E-state index < -0.39 is 0 Å². The van der Waals surface area contributed by atoms with Crippen molar-refractivity contribution in [2.45, 2.75) is 6.61 Å². The number of carbonyl (C=O) groups excluding carboxylic acids is 1. The van der Waals surface area contributed by atoms with Gasteiger partial charge in [0.25, 0.3) is 0 Å². The monoisotopic (exact) mass is 207 g/mol. The van der Waals surface area contributed by atoms with Gasteiger partial charge in [0.1, 0.15) is 0 Å². The second kappa shape index (κ2) is 3.40. The molecule has 72 valence electrons. The van der Waals surface area contributed by atoms with Crippen LogP contribution in [0.5, 0.6) is 0 Å². The molecule has 1 aromatic heterocycles. The third kappa shape index (κ3) is 1.29. The van der Waals surface area contributed by atoms with Gasteiger partial charge in [0.2, 0.25) is 0 Å². The molecule has 0 atom stereocenters. The van der Waals surface area contributed by atoms with Gasteiger partial charge in [0.05, 0.1) is 12.2 Å². The summed E-state index contributed by atoms with van der Waals surface area (Å²) in [4.78, 5) is 11.6. The van der Waals surface area contributed by atoms with Crippen LogP contribution in [0.4, 0.5) is 5.69 Å². The Labute approximate surface area is 84.8 Å². The smallest absolute Gasteiger partial charge is 0.153 e. The molecule has 0 fully saturated rings. The Bertz CT molecular complexity index is 490. The molecule has 0 unspecified atom stereocenters. The van der Waals surface area contributed by atoms with Crippen LogP contribution >= 0.6 is 11.3 Å². The number of nitrogens with two attached hydrogens (primary N) is 1. The molecular formula is C10H9NO2S. The van der Waals surface area contributed by atoms with Crippen LogP contribution in [0.25, 0.3) is 10.1 Å². The lowest BCUT2D eigenvalue weighted by atomic mass is 10.1. The third-order valence-electron chi connectivity index (χ3n) is 2.08. The van der Waals surface area contributed by atoms with Gasteiger partial charge < -0.3 is 10.8 Å². The van der Waals surface area contributed by atoms with Crippen molar-refractivity contribution >= 4 is 33.4 Å². The normalized spacial score (nSPS) is 10.6. The van der Waals surface area contributed by atoms with Crippen LogP contribution in [0, 0.1) is 0 Å². The first-order valence-corrected chi connectivity index (χ1v) is 4.95. The average molecular weight is 207 g/mol. The highest BCUT2D eigenvalue weighted by molar-refractivity contribution is 7.19. The fraction of sp³-hybridized carbons (Fsp3) is 0.100. The first-order chi connectivity index (χ1) is 6.76. The highest BCUT2D eigenvalue weighted by atomic mass is 32.1. The Kier molecular flexibility index (Phi) is 2.23. The van der Waals surface area contributed by atoms with Crippen LogP contribution in [0.2, 0.25) is 0 Å². The number of rotatable bonds is 2. The van der Waals surface area contributed by atoms with Crippen LogP contribution in [0.15, 0.2) is 18.2 Å². The number of thiophene rings is 1. The Morgan fingerprint density at radius 3 is 2.93 bits per heavy atom. The molecule has 0 aliphatic carbocycles. The van der Waals surface area contributed by atoms with Crippen molar-refractivity contribution in [3.05, 3.63) is 28.6 Å². The summed E-state index contributed by atoms with van der Waals surface area (Å²) in [5.41, 5.74) is 6.67. The molecule has 3 N–H and O–H groups in total. The van der Waals surface area contributed by atoms with E-state index >= 15 is 0 Å². The maximum atomic E-state index is 10.8. The van der Waals surface area contributed by atoms with Gasteiger partial charge in [-0.1, -0.05) is 6.07 Å². The highest BCUT2D eigenvalue weighted by Gasteiger charge is 2.08. The van der Waals surface area contributed by atoms with Gasteiger partial charge in [-0.2, -0.15) is 0 Å². The number of nitrogen functional groups attached to an aromatic ring is 1. The minimum absolute atomic E-state index is 0.00243. The van der Waals surface area contributed by atoms with E-state index in [2.05, 4.69) is 0 Å². The van der Waals surface area contributed by atoms with Gasteiger partial charge >= 0.3 is 0 Å². The van der Waals surface area contributed by atoms with E-state index in [4.69, 9.17) is 10.8 Å². The summed E-state index contributed by atoms with van der Waals surface area (Å²) < 4.78 is 0.851. The molecule has 2 rings (SSSR count). The van der Waals surface area contributed by atoms with Crippen molar-refractivity contribution in [2.24, 2.45) is 0 Å². The van der Waals surface area contributed by atoms with E-state index in [0.717, 1.165) is 21.2 Å². The highest BCUT2D eigenvalue weighted by Crippen LogP contribution is 2.30. The number of aldehydes is 1. The molecule has 0 bridgehead atoms. The number of carbonyl (C=O) groups is 1. The molecule has 14 heavy (non-hydrogen) atoms. The van der Waals surface area contributed by atoms with Crippen LogP contribution in [0.1, 0.15) is 15.2 Å². The minimum Gasteiger partial charge on any atom is -0.398 e. The fourth-order valence-electron chi connectivity index (χ4n) is 1.39. The average Bonchev–Trinajstić information content (AvgIpc) is 2.60. The van der Waals surface area contributed by atoms with E-state index in [9.17, 15) is 4.79 Å². The standard InChI is InChI=1S/C10H9NO2S/c11-9-2-1-6-3-7(4-12)14-10(6)8(9)5-13/h1-3,5,12H,4,11H2. The zero-order valence-electron chi connectivity index (χ0n) is 7.36. The molecule has 4 heteroatoms. The van der Waals surface area contributed by atoms with Gasteiger partial charge in [-0.15, -0.1) is 11.3 Å². The molecule has 0 aliphatic rings. The van der Waals surface area contributed by atoms with Crippen molar-refractivity contribution in [1.29, 1.82) is 0 Å². The number of anilines is 1. The zero-order valence-corrected chi connectivity index (χ0v) is 8.17. The van der Waals surface area contributed by atoms with E-state index in [1.54, 1.807) is 6.07 Å². The van der Waals surface area contributed by atoms with Crippen molar-refractivity contribution in [3.63, 3.8) is 0 Å². The number of aliphatic hydroxyl groups is 1. The lowest BCUT2D eigenvalue weighted by Gasteiger charge is -1.98. The maximum absolute atomic E-state index is 10.8. The van der Waals surface area contributed by atoms with Crippen molar-refractivity contribution in [2.75, 3.05) is 5.73 Å². The van der Waals surface area contributed by atoms with E-state index in [-0.39, 0.29) is 6.61 Å². The number of hydrogen-bond donors (Lipinski definition) is 2. The van der Waals surface area contributed by atoms with Crippen LogP contribution < -0.4 is 5.73 Å². The number of fused-ring (bicyclic) bond motifs is 1. The number of benzene rings is 1. The maximum Gasteiger partial charge on any atom is 0.153 e. The molecule has 0 spiro atoms. The van der Waals surface area contributed by atoms with Gasteiger partial charge in [-0.25, -0.2) is 0 Å². The summed E-state index contributed by atoms with van der Waals surface area (Å²) in [6, 6.07) is 5.43. The predicted molar refractivity (Wildman–Crippen MR) is 57.5 cm³/mol. The molecule has 1 aromatic carbocycles. The van der Waals surface area contributed by atoms with Gasteiger partial charge in [-0.3, -0.25) is 4.79 Å². The topological polar surface area (TPSA) is 63.3 Å². The molecule has 0 saturated heterocycles. The van der Waals surface area contributed by atoms with E-state index in [1.807, 2.05) is 12.1 Å². The SMILES string of the molecule is Nc1ccc2cc(CO)sc2c1C=O. The summed E-state index contributed by atoms with van der Waals surface area (Å²) in [6.07, 6.45) is 0.759. The third-order valence-corrected chi connectivity index (χ3v) is 3.25. The lowest BCUT2D eigenvalue weighted by molar-refractivity contribution is 0.112. The van der Waals surface area contributed by atoms with Crippen molar-refractivity contribution in [3.8, 4) is 0 Å².